The Morgan fingerprint density at radius 2 is 2.10 bits per heavy atom. The Hall–Kier alpha value is -1.46. The molecule has 0 aliphatic carbocycles. The van der Waals surface area contributed by atoms with Crippen molar-refractivity contribution >= 4 is 5.69 Å². The lowest BCUT2D eigenvalue weighted by molar-refractivity contribution is -0.385. The molecule has 0 aromatic heterocycles. The quantitative estimate of drug-likeness (QED) is 0.686. The summed E-state index contributed by atoms with van der Waals surface area (Å²) in [5.41, 5.74) is 1.47. The smallest absolute Gasteiger partial charge is 0.273 e. The minimum Gasteiger partial charge on any atom is -0.316 e. The first-order chi connectivity index (χ1) is 10.2. The molecular formula is C16H23N3O2. The van der Waals surface area contributed by atoms with E-state index in [9.17, 15) is 10.1 Å². The van der Waals surface area contributed by atoms with Crippen LogP contribution in [-0.2, 0) is 6.54 Å². The lowest BCUT2D eigenvalue weighted by Gasteiger charge is -2.45. The second kappa shape index (κ2) is 6.12. The summed E-state index contributed by atoms with van der Waals surface area (Å²) < 4.78 is 0. The fourth-order valence-electron chi connectivity index (χ4n) is 3.89. The van der Waals surface area contributed by atoms with E-state index >= 15 is 0 Å². The van der Waals surface area contributed by atoms with Gasteiger partial charge in [-0.05, 0) is 44.2 Å². The molecular weight excluding hydrogens is 266 g/mol. The van der Waals surface area contributed by atoms with Gasteiger partial charge in [0.25, 0.3) is 5.69 Å². The van der Waals surface area contributed by atoms with Crippen molar-refractivity contribution in [3.8, 4) is 0 Å². The van der Waals surface area contributed by atoms with Crippen molar-refractivity contribution in [1.29, 1.82) is 0 Å². The van der Waals surface area contributed by atoms with Gasteiger partial charge in [-0.25, -0.2) is 0 Å². The fourth-order valence-corrected chi connectivity index (χ4v) is 3.89. The zero-order valence-electron chi connectivity index (χ0n) is 12.4. The topological polar surface area (TPSA) is 58.4 Å². The van der Waals surface area contributed by atoms with Crippen LogP contribution in [0.2, 0.25) is 0 Å². The summed E-state index contributed by atoms with van der Waals surface area (Å²) in [6.45, 7) is 5.03. The second-order valence-corrected chi connectivity index (χ2v) is 6.48. The van der Waals surface area contributed by atoms with E-state index < -0.39 is 0 Å². The molecule has 0 radical (unpaired) electrons. The van der Waals surface area contributed by atoms with Crippen molar-refractivity contribution in [2.75, 3.05) is 26.2 Å². The number of nitrogens with one attached hydrogen (secondary N) is 1. The third kappa shape index (κ3) is 3.24. The molecule has 21 heavy (non-hydrogen) atoms. The minimum atomic E-state index is -0.267. The maximum Gasteiger partial charge on any atom is 0.273 e. The monoisotopic (exact) mass is 289 g/mol. The molecule has 1 aromatic rings. The van der Waals surface area contributed by atoms with E-state index in [4.69, 9.17) is 0 Å². The second-order valence-electron chi connectivity index (χ2n) is 6.48. The van der Waals surface area contributed by atoms with Crippen LogP contribution < -0.4 is 5.32 Å². The van der Waals surface area contributed by atoms with Crippen molar-refractivity contribution in [3.05, 3.63) is 39.9 Å². The van der Waals surface area contributed by atoms with Crippen molar-refractivity contribution in [2.24, 2.45) is 5.41 Å². The van der Waals surface area contributed by atoms with E-state index in [2.05, 4.69) is 10.2 Å². The Balaban J connectivity index is 1.71. The number of hydrogen-bond donors (Lipinski definition) is 1. The average Bonchev–Trinajstić information content (AvgIpc) is 2.48. The van der Waals surface area contributed by atoms with Crippen LogP contribution in [0.3, 0.4) is 0 Å². The summed E-state index contributed by atoms with van der Waals surface area (Å²) in [4.78, 5) is 13.3. The largest absolute Gasteiger partial charge is 0.316 e. The van der Waals surface area contributed by atoms with Crippen LogP contribution >= 0.6 is 0 Å². The van der Waals surface area contributed by atoms with Gasteiger partial charge in [0, 0.05) is 31.3 Å². The first kappa shape index (κ1) is 14.5. The van der Waals surface area contributed by atoms with Gasteiger partial charge in [0.1, 0.15) is 0 Å². The number of nitro benzene ring substituents is 1. The molecule has 1 aromatic carbocycles. The number of likely N-dealkylation sites (tertiary alicyclic amines) is 1. The number of para-hydroxylation sites is 1. The van der Waals surface area contributed by atoms with Gasteiger partial charge in [0.15, 0.2) is 0 Å². The van der Waals surface area contributed by atoms with Gasteiger partial charge in [0.05, 0.1) is 4.92 Å². The first-order valence-electron chi connectivity index (χ1n) is 7.84. The molecule has 0 bridgehead atoms. The molecule has 5 heteroatoms. The highest BCUT2D eigenvalue weighted by atomic mass is 16.6. The van der Waals surface area contributed by atoms with E-state index in [1.54, 1.807) is 12.1 Å². The van der Waals surface area contributed by atoms with Crippen molar-refractivity contribution in [2.45, 2.75) is 32.2 Å². The summed E-state index contributed by atoms with van der Waals surface area (Å²) in [6.07, 6.45) is 5.02. The molecule has 2 heterocycles. The van der Waals surface area contributed by atoms with Gasteiger partial charge >= 0.3 is 0 Å². The number of piperidine rings is 2. The highest BCUT2D eigenvalue weighted by molar-refractivity contribution is 5.39. The molecule has 2 aliphatic heterocycles. The van der Waals surface area contributed by atoms with Crippen LogP contribution in [0.4, 0.5) is 5.69 Å². The van der Waals surface area contributed by atoms with Crippen LogP contribution in [0.1, 0.15) is 31.2 Å². The van der Waals surface area contributed by atoms with E-state index in [-0.39, 0.29) is 10.6 Å². The molecule has 3 rings (SSSR count). The zero-order valence-corrected chi connectivity index (χ0v) is 12.4. The average molecular weight is 289 g/mol. The highest BCUT2D eigenvalue weighted by Gasteiger charge is 2.36. The predicted molar refractivity (Wildman–Crippen MR) is 82.1 cm³/mol. The minimum absolute atomic E-state index is 0.249. The molecule has 2 fully saturated rings. The van der Waals surface area contributed by atoms with Gasteiger partial charge < -0.3 is 5.32 Å². The Labute approximate surface area is 125 Å². The molecule has 1 unspecified atom stereocenters. The van der Waals surface area contributed by atoms with Gasteiger partial charge in [-0.1, -0.05) is 18.2 Å². The molecule has 0 saturated carbocycles. The summed E-state index contributed by atoms with van der Waals surface area (Å²) in [6, 6.07) is 7.13. The summed E-state index contributed by atoms with van der Waals surface area (Å²) in [7, 11) is 0. The van der Waals surface area contributed by atoms with E-state index in [0.717, 1.165) is 31.7 Å². The molecule has 1 N–H and O–H groups in total. The number of nitrogens with zero attached hydrogens (tertiary/aromatic N) is 2. The zero-order chi connectivity index (χ0) is 14.7. The molecule has 2 saturated heterocycles. The standard InChI is InChI=1S/C16H23N3O2/c20-19(21)15-6-2-1-5-14(15)11-18-10-4-8-16(13-18)7-3-9-17-12-16/h1-2,5-6,17H,3-4,7-13H2. The number of nitro groups is 1. The maximum atomic E-state index is 11.1. The van der Waals surface area contributed by atoms with Crippen LogP contribution in [0, 0.1) is 15.5 Å². The summed E-state index contributed by atoms with van der Waals surface area (Å²) in [5, 5.41) is 14.7. The summed E-state index contributed by atoms with van der Waals surface area (Å²) >= 11 is 0. The van der Waals surface area contributed by atoms with Crippen LogP contribution in [0.25, 0.3) is 0 Å². The molecule has 114 valence electrons. The summed E-state index contributed by atoms with van der Waals surface area (Å²) in [5.74, 6) is 0. The first-order valence-corrected chi connectivity index (χ1v) is 7.84. The van der Waals surface area contributed by atoms with Crippen molar-refractivity contribution in [1.82, 2.24) is 10.2 Å². The van der Waals surface area contributed by atoms with Crippen molar-refractivity contribution in [3.63, 3.8) is 0 Å². The Kier molecular flexibility index (Phi) is 4.22. The van der Waals surface area contributed by atoms with E-state index in [1.165, 1.54) is 25.7 Å². The third-order valence-electron chi connectivity index (χ3n) is 4.88. The number of hydrogen-bond acceptors (Lipinski definition) is 4. The fraction of sp³-hybridized carbons (Fsp3) is 0.625. The van der Waals surface area contributed by atoms with Gasteiger partial charge in [0.2, 0.25) is 0 Å². The molecule has 1 spiro atoms. The molecule has 0 amide bonds. The van der Waals surface area contributed by atoms with E-state index in [0.29, 0.717) is 12.0 Å². The molecule has 5 nitrogen and oxygen atoms in total. The third-order valence-corrected chi connectivity index (χ3v) is 4.88. The lowest BCUT2D eigenvalue weighted by Crippen LogP contribution is -2.50. The maximum absolute atomic E-state index is 11.1. The van der Waals surface area contributed by atoms with Gasteiger partial charge in [-0.15, -0.1) is 0 Å². The van der Waals surface area contributed by atoms with Crippen LogP contribution in [0.5, 0.6) is 0 Å². The predicted octanol–water partition coefficient (Wildman–Crippen LogP) is 2.56. The molecule has 2 aliphatic rings. The Morgan fingerprint density at radius 3 is 2.86 bits per heavy atom. The number of rotatable bonds is 3. The number of benzene rings is 1. The Morgan fingerprint density at radius 1 is 1.29 bits per heavy atom. The molecule has 1 atom stereocenters. The Bertz CT molecular complexity index is 506. The van der Waals surface area contributed by atoms with Gasteiger partial charge in [-0.3, -0.25) is 15.0 Å². The van der Waals surface area contributed by atoms with Crippen LogP contribution in [0.15, 0.2) is 24.3 Å². The SMILES string of the molecule is O=[N+]([O-])c1ccccc1CN1CCCC2(CCCNC2)C1. The highest BCUT2D eigenvalue weighted by Crippen LogP contribution is 2.36. The lowest BCUT2D eigenvalue weighted by atomic mass is 9.74. The van der Waals surface area contributed by atoms with Crippen LogP contribution in [-0.4, -0.2) is 36.0 Å². The normalized spacial score (nSPS) is 26.9. The van der Waals surface area contributed by atoms with E-state index in [1.807, 2.05) is 12.1 Å². The van der Waals surface area contributed by atoms with Gasteiger partial charge in [-0.2, -0.15) is 0 Å². The van der Waals surface area contributed by atoms with Crippen molar-refractivity contribution < 1.29 is 4.92 Å².